The minimum atomic E-state index is -4.09. The van der Waals surface area contributed by atoms with Gasteiger partial charge in [-0.1, -0.05) is 0 Å². The van der Waals surface area contributed by atoms with Gasteiger partial charge in [0.25, 0.3) is 0 Å². The van der Waals surface area contributed by atoms with Crippen molar-refractivity contribution in [1.82, 2.24) is 0 Å². The Balaban J connectivity index is 3.37. The van der Waals surface area contributed by atoms with Crippen LogP contribution in [0.25, 0.3) is 0 Å². The second kappa shape index (κ2) is 5.64. The molecule has 1 aromatic carbocycles. The highest BCUT2D eigenvalue weighted by Gasteiger charge is 2.24. The van der Waals surface area contributed by atoms with Gasteiger partial charge in [-0.25, -0.2) is 17.6 Å². The molecule has 0 saturated carbocycles. The molecule has 0 heterocycles. The summed E-state index contributed by atoms with van der Waals surface area (Å²) in [6, 6.07) is 1.55. The number of aromatic carboxylic acids is 1. The van der Waals surface area contributed by atoms with E-state index in [2.05, 4.69) is 0 Å². The van der Waals surface area contributed by atoms with Crippen LogP contribution in [0.3, 0.4) is 0 Å². The van der Waals surface area contributed by atoms with Gasteiger partial charge in [0.2, 0.25) is 0 Å². The van der Waals surface area contributed by atoms with E-state index in [9.17, 15) is 17.6 Å². The standard InChI is InChI=1S/C11H13FO6S/c1-6-9(12)2-7(11(15)16)3-10(6)19(17,18)5-8(14)4-13/h2-3,8,13-14H,4-5H2,1H3,(H,15,16). The Morgan fingerprint density at radius 2 is 2.00 bits per heavy atom. The maximum Gasteiger partial charge on any atom is 0.335 e. The van der Waals surface area contributed by atoms with Crippen LogP contribution in [0.4, 0.5) is 4.39 Å². The number of sulfone groups is 1. The van der Waals surface area contributed by atoms with Gasteiger partial charge in [0.15, 0.2) is 9.84 Å². The summed E-state index contributed by atoms with van der Waals surface area (Å²) in [5, 5.41) is 26.6. The van der Waals surface area contributed by atoms with Crippen molar-refractivity contribution in [3.8, 4) is 0 Å². The van der Waals surface area contributed by atoms with Gasteiger partial charge in [-0.05, 0) is 19.1 Å². The molecule has 1 rings (SSSR count). The van der Waals surface area contributed by atoms with Crippen molar-refractivity contribution in [2.24, 2.45) is 0 Å². The number of aliphatic hydroxyl groups is 2. The van der Waals surface area contributed by atoms with Crippen LogP contribution in [0.5, 0.6) is 0 Å². The lowest BCUT2D eigenvalue weighted by atomic mass is 10.1. The molecule has 0 fully saturated rings. The molecule has 0 aliphatic heterocycles. The molecule has 0 saturated heterocycles. The molecule has 8 heteroatoms. The summed E-state index contributed by atoms with van der Waals surface area (Å²) >= 11 is 0. The van der Waals surface area contributed by atoms with Crippen LogP contribution < -0.4 is 0 Å². The first-order chi connectivity index (χ1) is 8.69. The average molecular weight is 292 g/mol. The molecule has 1 aromatic rings. The average Bonchev–Trinajstić information content (AvgIpc) is 2.31. The highest BCUT2D eigenvalue weighted by molar-refractivity contribution is 7.91. The maximum atomic E-state index is 13.5. The van der Waals surface area contributed by atoms with E-state index in [-0.39, 0.29) is 5.56 Å². The lowest BCUT2D eigenvalue weighted by molar-refractivity contribution is 0.0696. The van der Waals surface area contributed by atoms with Gasteiger partial charge < -0.3 is 15.3 Å². The van der Waals surface area contributed by atoms with Gasteiger partial charge in [0, 0.05) is 5.56 Å². The van der Waals surface area contributed by atoms with E-state index >= 15 is 0 Å². The molecule has 3 N–H and O–H groups in total. The van der Waals surface area contributed by atoms with E-state index in [0.717, 1.165) is 12.1 Å². The van der Waals surface area contributed by atoms with Crippen LogP contribution in [0, 0.1) is 12.7 Å². The third-order valence-electron chi connectivity index (χ3n) is 2.50. The SMILES string of the molecule is Cc1c(F)cc(C(=O)O)cc1S(=O)(=O)CC(O)CO. The molecule has 1 unspecified atom stereocenters. The number of hydrogen-bond donors (Lipinski definition) is 3. The molecule has 0 aliphatic carbocycles. The number of carboxylic acid groups (broad SMARTS) is 1. The highest BCUT2D eigenvalue weighted by Crippen LogP contribution is 2.22. The fourth-order valence-electron chi connectivity index (χ4n) is 1.50. The maximum absolute atomic E-state index is 13.5. The van der Waals surface area contributed by atoms with Crippen molar-refractivity contribution in [2.45, 2.75) is 17.9 Å². The van der Waals surface area contributed by atoms with Crippen LogP contribution in [0.1, 0.15) is 15.9 Å². The number of benzene rings is 1. The normalized spacial score (nSPS) is 13.3. The summed E-state index contributed by atoms with van der Waals surface area (Å²) in [6.45, 7) is 0.429. The Labute approximate surface area is 109 Å². The lowest BCUT2D eigenvalue weighted by Gasteiger charge is -2.12. The largest absolute Gasteiger partial charge is 0.478 e. The van der Waals surface area contributed by atoms with Crippen LogP contribution >= 0.6 is 0 Å². The molecule has 0 bridgehead atoms. The molecule has 6 nitrogen and oxygen atoms in total. The van der Waals surface area contributed by atoms with Gasteiger partial charge in [-0.15, -0.1) is 0 Å². The van der Waals surface area contributed by atoms with Crippen molar-refractivity contribution < 1.29 is 32.9 Å². The van der Waals surface area contributed by atoms with Crippen LogP contribution in [-0.2, 0) is 9.84 Å². The van der Waals surface area contributed by atoms with Gasteiger partial charge in [0.05, 0.1) is 28.9 Å². The molecular formula is C11H13FO6S. The fourth-order valence-corrected chi connectivity index (χ4v) is 3.16. The zero-order chi connectivity index (χ0) is 14.8. The summed E-state index contributed by atoms with van der Waals surface area (Å²) in [6.07, 6.45) is -1.51. The molecule has 106 valence electrons. The minimum absolute atomic E-state index is 0.227. The first-order valence-electron chi connectivity index (χ1n) is 5.24. The predicted octanol–water partition coefficient (Wildman–Crippen LogP) is -0.0408. The van der Waals surface area contributed by atoms with Gasteiger partial charge in [0.1, 0.15) is 5.82 Å². The zero-order valence-electron chi connectivity index (χ0n) is 10.00. The fraction of sp³-hybridized carbons (Fsp3) is 0.364. The van der Waals surface area contributed by atoms with Gasteiger partial charge in [-0.2, -0.15) is 0 Å². The number of carbonyl (C=O) groups is 1. The van der Waals surface area contributed by atoms with E-state index in [0.29, 0.717) is 0 Å². The van der Waals surface area contributed by atoms with E-state index in [1.165, 1.54) is 6.92 Å². The van der Waals surface area contributed by atoms with E-state index < -0.39 is 50.5 Å². The van der Waals surface area contributed by atoms with E-state index in [1.807, 2.05) is 0 Å². The number of rotatable bonds is 5. The first kappa shape index (κ1) is 15.5. The first-order valence-corrected chi connectivity index (χ1v) is 6.89. The molecule has 0 spiro atoms. The number of halogens is 1. The van der Waals surface area contributed by atoms with E-state index in [1.54, 1.807) is 0 Å². The third kappa shape index (κ3) is 3.49. The van der Waals surface area contributed by atoms with Gasteiger partial charge >= 0.3 is 5.97 Å². The Morgan fingerprint density at radius 1 is 1.42 bits per heavy atom. The summed E-state index contributed by atoms with van der Waals surface area (Å²) < 4.78 is 37.3. The molecule has 19 heavy (non-hydrogen) atoms. The third-order valence-corrected chi connectivity index (χ3v) is 4.42. The van der Waals surface area contributed by atoms with Crippen LogP contribution in [-0.4, -0.2) is 48.2 Å². The molecule has 1 atom stereocenters. The quantitative estimate of drug-likeness (QED) is 0.702. The molecule has 0 aromatic heterocycles. The number of carboxylic acids is 1. The van der Waals surface area contributed by atoms with Crippen molar-refractivity contribution in [1.29, 1.82) is 0 Å². The predicted molar refractivity (Wildman–Crippen MR) is 63.2 cm³/mol. The van der Waals surface area contributed by atoms with Crippen molar-refractivity contribution in [2.75, 3.05) is 12.4 Å². The van der Waals surface area contributed by atoms with Crippen molar-refractivity contribution in [3.63, 3.8) is 0 Å². The second-order valence-corrected chi connectivity index (χ2v) is 6.01. The topological polar surface area (TPSA) is 112 Å². The van der Waals surface area contributed by atoms with Gasteiger partial charge in [-0.3, -0.25) is 0 Å². The summed E-state index contributed by atoms with van der Waals surface area (Å²) in [7, 11) is -4.09. The summed E-state index contributed by atoms with van der Waals surface area (Å²) in [5.74, 6) is -3.23. The summed E-state index contributed by atoms with van der Waals surface area (Å²) in [4.78, 5) is 10.3. The molecule has 0 aliphatic rings. The van der Waals surface area contributed by atoms with Crippen molar-refractivity contribution in [3.05, 3.63) is 29.1 Å². The summed E-state index contributed by atoms with van der Waals surface area (Å²) in [5.41, 5.74) is -0.727. The van der Waals surface area contributed by atoms with Crippen LogP contribution in [0.15, 0.2) is 17.0 Å². The molecule has 0 amide bonds. The molecular weight excluding hydrogens is 279 g/mol. The number of aliphatic hydroxyl groups excluding tert-OH is 2. The molecule has 0 radical (unpaired) electrons. The zero-order valence-corrected chi connectivity index (χ0v) is 10.8. The van der Waals surface area contributed by atoms with Crippen LogP contribution in [0.2, 0.25) is 0 Å². The smallest absolute Gasteiger partial charge is 0.335 e. The second-order valence-electron chi connectivity index (χ2n) is 4.00. The Hall–Kier alpha value is -1.51. The van der Waals surface area contributed by atoms with Crippen molar-refractivity contribution >= 4 is 15.8 Å². The minimum Gasteiger partial charge on any atom is -0.478 e. The monoisotopic (exact) mass is 292 g/mol. The van der Waals surface area contributed by atoms with E-state index in [4.69, 9.17) is 15.3 Å². The number of hydrogen-bond acceptors (Lipinski definition) is 5. The Morgan fingerprint density at radius 3 is 2.47 bits per heavy atom. The Bertz CT molecular complexity index is 595. The Kier molecular flexibility index (Phi) is 4.61. The highest BCUT2D eigenvalue weighted by atomic mass is 32.2. The lowest BCUT2D eigenvalue weighted by Crippen LogP contribution is -2.25.